The molecule has 3 unspecified atom stereocenters. The van der Waals surface area contributed by atoms with Crippen molar-refractivity contribution in [3.63, 3.8) is 0 Å². The molecular formula is C14H24N2O. The molecule has 1 aliphatic carbocycles. The Kier molecular flexibility index (Phi) is 3.57. The van der Waals surface area contributed by atoms with Gasteiger partial charge >= 0.3 is 0 Å². The fourth-order valence-corrected chi connectivity index (χ4v) is 2.94. The van der Waals surface area contributed by atoms with Gasteiger partial charge in [0, 0.05) is 12.7 Å². The molecule has 2 rings (SSSR count). The molecule has 0 spiro atoms. The second kappa shape index (κ2) is 4.81. The van der Waals surface area contributed by atoms with Crippen molar-refractivity contribution in [1.29, 1.82) is 0 Å². The van der Waals surface area contributed by atoms with Gasteiger partial charge in [-0.05, 0) is 43.6 Å². The lowest BCUT2D eigenvalue weighted by molar-refractivity contribution is -0.0405. The molecule has 1 saturated carbocycles. The molecule has 17 heavy (non-hydrogen) atoms. The molecule has 1 fully saturated rings. The van der Waals surface area contributed by atoms with Crippen LogP contribution in [0.25, 0.3) is 0 Å². The summed E-state index contributed by atoms with van der Waals surface area (Å²) in [7, 11) is 0. The van der Waals surface area contributed by atoms with Gasteiger partial charge in [0.25, 0.3) is 0 Å². The number of aryl methyl sites for hydroxylation is 1. The van der Waals surface area contributed by atoms with E-state index < -0.39 is 5.60 Å². The van der Waals surface area contributed by atoms with E-state index in [0.29, 0.717) is 5.92 Å². The van der Waals surface area contributed by atoms with E-state index in [1.807, 2.05) is 16.9 Å². The van der Waals surface area contributed by atoms with Gasteiger partial charge in [0.05, 0.1) is 5.69 Å². The second-order valence-electron chi connectivity index (χ2n) is 5.67. The maximum Gasteiger partial charge on any atom is 0.106 e. The maximum absolute atomic E-state index is 10.9. The van der Waals surface area contributed by atoms with Gasteiger partial charge in [0.2, 0.25) is 0 Å². The van der Waals surface area contributed by atoms with Gasteiger partial charge in [0.15, 0.2) is 0 Å². The summed E-state index contributed by atoms with van der Waals surface area (Å²) in [6.07, 6.45) is 5.70. The van der Waals surface area contributed by atoms with Gasteiger partial charge in [-0.1, -0.05) is 20.8 Å². The first-order valence-corrected chi connectivity index (χ1v) is 6.81. The minimum atomic E-state index is -0.655. The van der Waals surface area contributed by atoms with Crippen molar-refractivity contribution >= 4 is 0 Å². The molecule has 1 N–H and O–H groups in total. The normalized spacial score (nSPS) is 33.9. The third-order valence-electron chi connectivity index (χ3n) is 4.27. The Labute approximate surface area is 104 Å². The number of rotatable bonds is 3. The van der Waals surface area contributed by atoms with Crippen LogP contribution in [0.5, 0.6) is 0 Å². The van der Waals surface area contributed by atoms with E-state index in [-0.39, 0.29) is 0 Å². The van der Waals surface area contributed by atoms with Crippen LogP contribution < -0.4 is 0 Å². The predicted octanol–water partition coefficient (Wildman–Crippen LogP) is 2.94. The Bertz CT molecular complexity index is 374. The van der Waals surface area contributed by atoms with Crippen molar-refractivity contribution in [2.75, 3.05) is 0 Å². The van der Waals surface area contributed by atoms with Crippen LogP contribution in [0.15, 0.2) is 12.3 Å². The Morgan fingerprint density at radius 3 is 2.88 bits per heavy atom. The van der Waals surface area contributed by atoms with E-state index in [1.54, 1.807) is 0 Å². The van der Waals surface area contributed by atoms with Gasteiger partial charge in [0.1, 0.15) is 5.60 Å². The fourth-order valence-electron chi connectivity index (χ4n) is 2.94. The van der Waals surface area contributed by atoms with Crippen LogP contribution in [0.3, 0.4) is 0 Å². The quantitative estimate of drug-likeness (QED) is 0.876. The Morgan fingerprint density at radius 2 is 2.24 bits per heavy atom. The average molecular weight is 236 g/mol. The summed E-state index contributed by atoms with van der Waals surface area (Å²) in [6.45, 7) is 7.57. The highest BCUT2D eigenvalue weighted by atomic mass is 16.3. The minimum Gasteiger partial charge on any atom is -0.384 e. The van der Waals surface area contributed by atoms with Gasteiger partial charge < -0.3 is 5.11 Å². The number of aliphatic hydroxyl groups is 1. The molecule has 3 nitrogen and oxygen atoms in total. The van der Waals surface area contributed by atoms with E-state index in [0.717, 1.165) is 43.8 Å². The zero-order valence-corrected chi connectivity index (χ0v) is 11.2. The molecule has 1 aliphatic rings. The van der Waals surface area contributed by atoms with Crippen molar-refractivity contribution in [3.05, 3.63) is 18.0 Å². The lowest BCUT2D eigenvalue weighted by atomic mass is 9.72. The molecular weight excluding hydrogens is 212 g/mol. The predicted molar refractivity (Wildman–Crippen MR) is 68.6 cm³/mol. The van der Waals surface area contributed by atoms with Crippen molar-refractivity contribution in [1.82, 2.24) is 9.78 Å². The van der Waals surface area contributed by atoms with Crippen LogP contribution in [-0.2, 0) is 12.1 Å². The van der Waals surface area contributed by atoms with Crippen molar-refractivity contribution < 1.29 is 5.11 Å². The van der Waals surface area contributed by atoms with Crippen LogP contribution in [-0.4, -0.2) is 14.9 Å². The first-order valence-electron chi connectivity index (χ1n) is 6.81. The van der Waals surface area contributed by atoms with E-state index in [9.17, 15) is 5.11 Å². The zero-order chi connectivity index (χ0) is 12.5. The van der Waals surface area contributed by atoms with Gasteiger partial charge in [-0.2, -0.15) is 5.10 Å². The highest BCUT2D eigenvalue weighted by Gasteiger charge is 2.39. The van der Waals surface area contributed by atoms with Crippen molar-refractivity contribution in [3.8, 4) is 0 Å². The van der Waals surface area contributed by atoms with E-state index in [4.69, 9.17) is 0 Å². The molecule has 3 atom stereocenters. The molecule has 0 aliphatic heterocycles. The molecule has 1 aromatic rings. The standard InChI is InChI=1S/C14H24N2O/c1-4-9-16-13(6-8-15-16)14(17)7-5-11(2)12(3)10-14/h6,8,11-12,17H,4-5,7,9-10H2,1-3H3. The SMILES string of the molecule is CCCn1nccc1C1(O)CCC(C)C(C)C1. The highest BCUT2D eigenvalue weighted by Crippen LogP contribution is 2.42. The summed E-state index contributed by atoms with van der Waals surface area (Å²) in [5, 5.41) is 15.2. The largest absolute Gasteiger partial charge is 0.384 e. The summed E-state index contributed by atoms with van der Waals surface area (Å²) in [6, 6.07) is 1.98. The zero-order valence-electron chi connectivity index (χ0n) is 11.2. The molecule has 0 aromatic carbocycles. The first-order chi connectivity index (χ1) is 8.07. The topological polar surface area (TPSA) is 38.0 Å². The van der Waals surface area contributed by atoms with Gasteiger partial charge in [-0.25, -0.2) is 0 Å². The lowest BCUT2D eigenvalue weighted by Gasteiger charge is -2.39. The lowest BCUT2D eigenvalue weighted by Crippen LogP contribution is -2.37. The van der Waals surface area contributed by atoms with Crippen molar-refractivity contribution in [2.24, 2.45) is 11.8 Å². The first kappa shape index (κ1) is 12.6. The number of hydrogen-bond donors (Lipinski definition) is 1. The number of nitrogens with zero attached hydrogens (tertiary/aromatic N) is 2. The van der Waals surface area contributed by atoms with Crippen LogP contribution in [0.4, 0.5) is 0 Å². The Hall–Kier alpha value is -0.830. The Balaban J connectivity index is 2.22. The molecule has 3 heteroatoms. The molecule has 0 amide bonds. The van der Waals surface area contributed by atoms with Crippen LogP contribution in [0.2, 0.25) is 0 Å². The summed E-state index contributed by atoms with van der Waals surface area (Å²) in [5.74, 6) is 1.30. The van der Waals surface area contributed by atoms with Gasteiger partial charge in [-0.3, -0.25) is 4.68 Å². The third kappa shape index (κ3) is 2.39. The van der Waals surface area contributed by atoms with E-state index in [1.165, 1.54) is 0 Å². The fraction of sp³-hybridized carbons (Fsp3) is 0.786. The van der Waals surface area contributed by atoms with Crippen LogP contribution >= 0.6 is 0 Å². The summed E-state index contributed by atoms with van der Waals surface area (Å²) >= 11 is 0. The van der Waals surface area contributed by atoms with Crippen LogP contribution in [0, 0.1) is 11.8 Å². The van der Waals surface area contributed by atoms with Crippen LogP contribution in [0.1, 0.15) is 52.1 Å². The Morgan fingerprint density at radius 1 is 1.47 bits per heavy atom. The number of aromatic nitrogens is 2. The highest BCUT2D eigenvalue weighted by molar-refractivity contribution is 5.13. The molecule has 0 saturated heterocycles. The maximum atomic E-state index is 10.9. The summed E-state index contributed by atoms with van der Waals surface area (Å²) in [5.41, 5.74) is 0.357. The molecule has 1 aromatic heterocycles. The minimum absolute atomic E-state index is 0.582. The van der Waals surface area contributed by atoms with Gasteiger partial charge in [-0.15, -0.1) is 0 Å². The monoisotopic (exact) mass is 236 g/mol. The second-order valence-corrected chi connectivity index (χ2v) is 5.67. The molecule has 0 bridgehead atoms. The molecule has 1 heterocycles. The van der Waals surface area contributed by atoms with E-state index in [2.05, 4.69) is 25.9 Å². The average Bonchev–Trinajstić information content (AvgIpc) is 2.74. The number of hydrogen-bond acceptors (Lipinski definition) is 2. The smallest absolute Gasteiger partial charge is 0.106 e. The van der Waals surface area contributed by atoms with E-state index >= 15 is 0 Å². The molecule has 0 radical (unpaired) electrons. The summed E-state index contributed by atoms with van der Waals surface area (Å²) in [4.78, 5) is 0. The van der Waals surface area contributed by atoms with Crippen molar-refractivity contribution in [2.45, 2.75) is 58.6 Å². The molecule has 96 valence electrons. The summed E-state index contributed by atoms with van der Waals surface area (Å²) < 4.78 is 1.97. The third-order valence-corrected chi connectivity index (χ3v) is 4.27.